The number of amides is 1. The highest BCUT2D eigenvalue weighted by Crippen LogP contribution is 2.23. The number of nitro groups is 1. The van der Waals surface area contributed by atoms with E-state index < -0.39 is 4.92 Å². The minimum Gasteiger partial charge on any atom is -0.385 e. The van der Waals surface area contributed by atoms with Gasteiger partial charge in [0.2, 0.25) is 0 Å². The number of nitrogens with one attached hydrogen (secondary N) is 1. The molecule has 1 aromatic carbocycles. The zero-order valence-electron chi connectivity index (χ0n) is 12.9. The van der Waals surface area contributed by atoms with Crippen LogP contribution in [0.3, 0.4) is 0 Å². The van der Waals surface area contributed by atoms with Crippen molar-refractivity contribution in [3.63, 3.8) is 0 Å². The zero-order valence-corrected chi connectivity index (χ0v) is 12.9. The Balaban J connectivity index is 2.98. The van der Waals surface area contributed by atoms with Crippen molar-refractivity contribution in [3.05, 3.63) is 33.9 Å². The lowest BCUT2D eigenvalue weighted by molar-refractivity contribution is -0.384. The first-order valence-corrected chi connectivity index (χ1v) is 7.29. The monoisotopic (exact) mass is 293 g/mol. The van der Waals surface area contributed by atoms with Gasteiger partial charge in [0.25, 0.3) is 11.6 Å². The Hall–Kier alpha value is -2.11. The van der Waals surface area contributed by atoms with Gasteiger partial charge in [-0.2, -0.15) is 0 Å². The molecule has 0 fully saturated rings. The van der Waals surface area contributed by atoms with Crippen molar-refractivity contribution in [1.82, 2.24) is 4.90 Å². The van der Waals surface area contributed by atoms with Crippen LogP contribution in [0.4, 0.5) is 11.4 Å². The van der Waals surface area contributed by atoms with Crippen molar-refractivity contribution in [2.24, 2.45) is 0 Å². The van der Waals surface area contributed by atoms with Crippen LogP contribution < -0.4 is 5.32 Å². The lowest BCUT2D eigenvalue weighted by Crippen LogP contribution is -2.28. The maximum atomic E-state index is 12.5. The van der Waals surface area contributed by atoms with E-state index in [1.807, 2.05) is 6.92 Å². The van der Waals surface area contributed by atoms with Crippen LogP contribution in [-0.4, -0.2) is 35.9 Å². The number of nitrogens with zero attached hydrogens (tertiary/aromatic N) is 2. The molecule has 0 unspecified atom stereocenters. The third-order valence-corrected chi connectivity index (χ3v) is 3.26. The topological polar surface area (TPSA) is 75.5 Å². The smallest absolute Gasteiger partial charge is 0.270 e. The molecule has 0 heterocycles. The summed E-state index contributed by atoms with van der Waals surface area (Å²) in [5.74, 6) is -0.189. The minimum absolute atomic E-state index is 0.0676. The largest absolute Gasteiger partial charge is 0.385 e. The SMILES string of the molecule is CCCCCN(C)C(=O)c1cc([N+](=O)[O-])ccc1NCC. The van der Waals surface area contributed by atoms with Crippen molar-refractivity contribution in [2.45, 2.75) is 33.1 Å². The van der Waals surface area contributed by atoms with Crippen molar-refractivity contribution < 1.29 is 9.72 Å². The molecule has 0 saturated carbocycles. The predicted octanol–water partition coefficient (Wildman–Crippen LogP) is 3.29. The number of unbranched alkanes of at least 4 members (excludes halogenated alkanes) is 2. The summed E-state index contributed by atoms with van der Waals surface area (Å²) < 4.78 is 0. The molecule has 0 saturated heterocycles. The van der Waals surface area contributed by atoms with Gasteiger partial charge < -0.3 is 10.2 Å². The lowest BCUT2D eigenvalue weighted by atomic mass is 10.1. The summed E-state index contributed by atoms with van der Waals surface area (Å²) in [5.41, 5.74) is 0.919. The summed E-state index contributed by atoms with van der Waals surface area (Å²) in [7, 11) is 1.73. The molecule has 21 heavy (non-hydrogen) atoms. The van der Waals surface area contributed by atoms with Gasteiger partial charge in [0.1, 0.15) is 0 Å². The van der Waals surface area contributed by atoms with Crippen molar-refractivity contribution in [1.29, 1.82) is 0 Å². The fourth-order valence-electron chi connectivity index (χ4n) is 2.07. The van der Waals surface area contributed by atoms with E-state index in [2.05, 4.69) is 12.2 Å². The number of non-ortho nitro benzene ring substituents is 1. The highest BCUT2D eigenvalue weighted by Gasteiger charge is 2.19. The molecular formula is C15H23N3O3. The van der Waals surface area contributed by atoms with Crippen LogP contribution in [0.15, 0.2) is 18.2 Å². The third kappa shape index (κ3) is 4.73. The Morgan fingerprint density at radius 3 is 2.62 bits per heavy atom. The van der Waals surface area contributed by atoms with Crippen LogP contribution in [0.5, 0.6) is 0 Å². The Morgan fingerprint density at radius 2 is 2.05 bits per heavy atom. The summed E-state index contributed by atoms with van der Waals surface area (Å²) in [4.78, 5) is 24.5. The standard InChI is InChI=1S/C15H23N3O3/c1-4-6-7-10-17(3)15(19)13-11-12(18(20)21)8-9-14(13)16-5-2/h8-9,11,16H,4-7,10H2,1-3H3. The fraction of sp³-hybridized carbons (Fsp3) is 0.533. The van der Waals surface area contributed by atoms with Gasteiger partial charge >= 0.3 is 0 Å². The van der Waals surface area contributed by atoms with E-state index >= 15 is 0 Å². The molecule has 0 bridgehead atoms. The quantitative estimate of drug-likeness (QED) is 0.453. The number of benzene rings is 1. The molecule has 0 aromatic heterocycles. The summed E-state index contributed by atoms with van der Waals surface area (Å²) in [5, 5.41) is 14.0. The molecule has 6 nitrogen and oxygen atoms in total. The van der Waals surface area contributed by atoms with E-state index in [1.54, 1.807) is 18.0 Å². The number of carbonyl (C=O) groups is 1. The molecular weight excluding hydrogens is 270 g/mol. The van der Waals surface area contributed by atoms with E-state index in [-0.39, 0.29) is 11.6 Å². The van der Waals surface area contributed by atoms with E-state index in [1.165, 1.54) is 12.1 Å². The molecule has 0 radical (unpaired) electrons. The second-order valence-corrected chi connectivity index (χ2v) is 4.95. The first kappa shape index (κ1) is 16.9. The van der Waals surface area contributed by atoms with Crippen LogP contribution in [0.25, 0.3) is 0 Å². The van der Waals surface area contributed by atoms with Gasteiger partial charge in [-0.25, -0.2) is 0 Å². The van der Waals surface area contributed by atoms with Gasteiger partial charge in [-0.15, -0.1) is 0 Å². The predicted molar refractivity (Wildman–Crippen MR) is 83.7 cm³/mol. The first-order valence-electron chi connectivity index (χ1n) is 7.29. The molecule has 1 rings (SSSR count). The number of carbonyl (C=O) groups excluding carboxylic acids is 1. The zero-order chi connectivity index (χ0) is 15.8. The number of hydrogen-bond acceptors (Lipinski definition) is 4. The van der Waals surface area contributed by atoms with Gasteiger partial charge in [0, 0.05) is 38.0 Å². The molecule has 0 atom stereocenters. The van der Waals surface area contributed by atoms with Crippen LogP contribution in [-0.2, 0) is 0 Å². The van der Waals surface area contributed by atoms with Crippen LogP contribution in [0, 0.1) is 10.1 Å². The molecule has 0 aliphatic rings. The Kier molecular flexibility index (Phi) is 6.65. The van der Waals surface area contributed by atoms with Gasteiger partial charge in [0.15, 0.2) is 0 Å². The molecule has 6 heteroatoms. The summed E-state index contributed by atoms with van der Waals surface area (Å²) >= 11 is 0. The van der Waals surface area contributed by atoms with Crippen LogP contribution in [0.2, 0.25) is 0 Å². The summed E-state index contributed by atoms with van der Waals surface area (Å²) in [6, 6.07) is 4.34. The van der Waals surface area contributed by atoms with Crippen molar-refractivity contribution in [2.75, 3.05) is 25.5 Å². The number of anilines is 1. The fourth-order valence-corrected chi connectivity index (χ4v) is 2.07. The number of hydrogen-bond donors (Lipinski definition) is 1. The maximum absolute atomic E-state index is 12.5. The Morgan fingerprint density at radius 1 is 1.33 bits per heavy atom. The van der Waals surface area contributed by atoms with E-state index in [9.17, 15) is 14.9 Å². The molecule has 0 spiro atoms. The summed E-state index contributed by atoms with van der Waals surface area (Å²) in [6.45, 7) is 5.32. The first-order chi connectivity index (χ1) is 10.0. The Bertz CT molecular complexity index is 503. The molecule has 1 amide bonds. The highest BCUT2D eigenvalue weighted by atomic mass is 16.6. The van der Waals surface area contributed by atoms with E-state index in [0.29, 0.717) is 24.3 Å². The maximum Gasteiger partial charge on any atom is 0.270 e. The third-order valence-electron chi connectivity index (χ3n) is 3.26. The second kappa shape index (κ2) is 8.24. The average Bonchev–Trinajstić information content (AvgIpc) is 2.47. The van der Waals surface area contributed by atoms with E-state index in [4.69, 9.17) is 0 Å². The summed E-state index contributed by atoms with van der Waals surface area (Å²) in [6.07, 6.45) is 3.08. The van der Waals surface area contributed by atoms with Crippen molar-refractivity contribution >= 4 is 17.3 Å². The number of rotatable bonds is 8. The normalized spacial score (nSPS) is 10.2. The lowest BCUT2D eigenvalue weighted by Gasteiger charge is -2.19. The van der Waals surface area contributed by atoms with Gasteiger partial charge in [-0.05, 0) is 19.4 Å². The van der Waals surface area contributed by atoms with Gasteiger partial charge in [0.05, 0.1) is 10.5 Å². The molecule has 116 valence electrons. The second-order valence-electron chi connectivity index (χ2n) is 4.95. The van der Waals surface area contributed by atoms with Gasteiger partial charge in [-0.3, -0.25) is 14.9 Å². The Labute approximate surface area is 125 Å². The molecule has 0 aliphatic heterocycles. The molecule has 0 aliphatic carbocycles. The van der Waals surface area contributed by atoms with Crippen molar-refractivity contribution in [3.8, 4) is 0 Å². The molecule has 1 N–H and O–H groups in total. The van der Waals surface area contributed by atoms with Crippen LogP contribution in [0.1, 0.15) is 43.5 Å². The average molecular weight is 293 g/mol. The molecule has 1 aromatic rings. The number of nitro benzene ring substituents is 1. The highest BCUT2D eigenvalue weighted by molar-refractivity contribution is 6.00. The van der Waals surface area contributed by atoms with E-state index in [0.717, 1.165) is 19.3 Å². The van der Waals surface area contributed by atoms with Gasteiger partial charge in [-0.1, -0.05) is 19.8 Å². The minimum atomic E-state index is -0.483. The van der Waals surface area contributed by atoms with Crippen LogP contribution >= 0.6 is 0 Å².